The van der Waals surface area contributed by atoms with Crippen molar-refractivity contribution >= 4 is 38.9 Å². The van der Waals surface area contributed by atoms with Crippen molar-refractivity contribution in [2.75, 3.05) is 38.2 Å². The highest BCUT2D eigenvalue weighted by atomic mass is 32.2. The second-order valence-corrected chi connectivity index (χ2v) is 9.30. The summed E-state index contributed by atoms with van der Waals surface area (Å²) >= 11 is 1.29. The summed E-state index contributed by atoms with van der Waals surface area (Å²) in [6.07, 6.45) is 0. The Morgan fingerprint density at radius 1 is 1.14 bits per heavy atom. The summed E-state index contributed by atoms with van der Waals surface area (Å²) in [7, 11) is -3.58. The largest absolute Gasteiger partial charge is 0.451 e. The van der Waals surface area contributed by atoms with Gasteiger partial charge in [0, 0.05) is 23.7 Å². The van der Waals surface area contributed by atoms with E-state index < -0.39 is 28.5 Å². The molecule has 1 saturated heterocycles. The SMILES string of the molecule is Cc1ccc(C(=O)OCC(=O)Nc2ccc(S(=O)(=O)N3CCOCC3)cc2)s1. The number of carbonyl (C=O) groups is 2. The number of thiophene rings is 1. The maximum absolute atomic E-state index is 12.6. The summed E-state index contributed by atoms with van der Waals surface area (Å²) in [6, 6.07) is 9.30. The molecule has 2 aromatic rings. The molecule has 0 aliphatic carbocycles. The van der Waals surface area contributed by atoms with Crippen LogP contribution in [-0.4, -0.2) is 57.5 Å². The fourth-order valence-corrected chi connectivity index (χ4v) is 4.76. The number of rotatable bonds is 6. The molecule has 0 bridgehead atoms. The van der Waals surface area contributed by atoms with Crippen LogP contribution in [0.3, 0.4) is 0 Å². The number of ether oxygens (including phenoxy) is 2. The van der Waals surface area contributed by atoms with Crippen molar-refractivity contribution in [3.05, 3.63) is 46.2 Å². The Morgan fingerprint density at radius 2 is 1.82 bits per heavy atom. The first-order chi connectivity index (χ1) is 13.4. The molecule has 0 radical (unpaired) electrons. The molecule has 0 spiro atoms. The molecule has 1 amide bonds. The van der Waals surface area contributed by atoms with Crippen molar-refractivity contribution in [2.45, 2.75) is 11.8 Å². The minimum absolute atomic E-state index is 0.145. The molecule has 3 rings (SSSR count). The van der Waals surface area contributed by atoms with E-state index in [4.69, 9.17) is 9.47 Å². The van der Waals surface area contributed by atoms with Crippen LogP contribution < -0.4 is 5.32 Å². The van der Waals surface area contributed by atoms with Gasteiger partial charge in [0.1, 0.15) is 4.88 Å². The average molecular weight is 425 g/mol. The summed E-state index contributed by atoms with van der Waals surface area (Å²) in [5.41, 5.74) is 0.411. The third-order valence-electron chi connectivity index (χ3n) is 4.02. The molecule has 1 aliphatic heterocycles. The quantitative estimate of drug-likeness (QED) is 0.711. The number of benzene rings is 1. The van der Waals surface area contributed by atoms with Crippen LogP contribution in [0, 0.1) is 6.92 Å². The molecule has 1 fully saturated rings. The first kappa shape index (κ1) is 20.5. The second-order valence-electron chi connectivity index (χ2n) is 6.08. The number of sulfonamides is 1. The summed E-state index contributed by atoms with van der Waals surface area (Å²) in [5.74, 6) is -1.06. The second kappa shape index (κ2) is 8.82. The molecule has 2 heterocycles. The highest BCUT2D eigenvalue weighted by Gasteiger charge is 2.26. The Hall–Kier alpha value is -2.27. The predicted octanol–water partition coefficient (Wildman–Crippen LogP) is 1.87. The fourth-order valence-electron chi connectivity index (χ4n) is 2.59. The van der Waals surface area contributed by atoms with Gasteiger partial charge in [0.2, 0.25) is 10.0 Å². The van der Waals surface area contributed by atoms with Gasteiger partial charge in [-0.1, -0.05) is 0 Å². The lowest BCUT2D eigenvalue weighted by Crippen LogP contribution is -2.40. The maximum atomic E-state index is 12.6. The van der Waals surface area contributed by atoms with Gasteiger partial charge in [0.15, 0.2) is 6.61 Å². The number of nitrogens with zero attached hydrogens (tertiary/aromatic N) is 1. The first-order valence-corrected chi connectivity index (χ1v) is 10.8. The van der Waals surface area contributed by atoms with Crippen molar-refractivity contribution in [1.29, 1.82) is 0 Å². The molecule has 1 N–H and O–H groups in total. The van der Waals surface area contributed by atoms with E-state index in [1.165, 1.54) is 39.9 Å². The Bertz CT molecular complexity index is 947. The first-order valence-electron chi connectivity index (χ1n) is 8.57. The average Bonchev–Trinajstić information content (AvgIpc) is 3.14. The van der Waals surface area contributed by atoms with Crippen molar-refractivity contribution in [2.24, 2.45) is 0 Å². The van der Waals surface area contributed by atoms with E-state index in [0.717, 1.165) is 4.88 Å². The van der Waals surface area contributed by atoms with E-state index in [1.807, 2.05) is 6.92 Å². The smallest absolute Gasteiger partial charge is 0.348 e. The van der Waals surface area contributed by atoms with Crippen LogP contribution in [0.5, 0.6) is 0 Å². The molecule has 0 saturated carbocycles. The van der Waals surface area contributed by atoms with Crippen LogP contribution in [0.4, 0.5) is 5.69 Å². The van der Waals surface area contributed by atoms with Crippen LogP contribution in [0.2, 0.25) is 0 Å². The zero-order chi connectivity index (χ0) is 20.1. The van der Waals surface area contributed by atoms with Gasteiger partial charge >= 0.3 is 5.97 Å². The van der Waals surface area contributed by atoms with Crippen LogP contribution in [-0.2, 0) is 24.3 Å². The third kappa shape index (κ3) is 4.96. The minimum atomic E-state index is -3.58. The summed E-state index contributed by atoms with van der Waals surface area (Å²) in [6.45, 7) is 2.82. The topological polar surface area (TPSA) is 102 Å². The number of hydrogen-bond acceptors (Lipinski definition) is 7. The molecule has 0 atom stereocenters. The van der Waals surface area contributed by atoms with Crippen molar-refractivity contribution in [1.82, 2.24) is 4.31 Å². The monoisotopic (exact) mass is 424 g/mol. The molecule has 150 valence electrons. The van der Waals surface area contributed by atoms with Crippen molar-refractivity contribution < 1.29 is 27.5 Å². The lowest BCUT2D eigenvalue weighted by Gasteiger charge is -2.26. The van der Waals surface area contributed by atoms with E-state index in [1.54, 1.807) is 12.1 Å². The highest BCUT2D eigenvalue weighted by Crippen LogP contribution is 2.20. The number of carbonyl (C=O) groups excluding carboxylic acids is 2. The molecular formula is C18H20N2O6S2. The van der Waals surface area contributed by atoms with Crippen LogP contribution >= 0.6 is 11.3 Å². The van der Waals surface area contributed by atoms with E-state index >= 15 is 0 Å². The number of nitrogens with one attached hydrogen (secondary N) is 1. The maximum Gasteiger partial charge on any atom is 0.348 e. The van der Waals surface area contributed by atoms with Crippen LogP contribution in [0.15, 0.2) is 41.3 Å². The molecule has 1 aromatic heterocycles. The van der Waals surface area contributed by atoms with E-state index in [9.17, 15) is 18.0 Å². The van der Waals surface area contributed by atoms with E-state index in [0.29, 0.717) is 36.9 Å². The van der Waals surface area contributed by atoms with Gasteiger partial charge in [-0.3, -0.25) is 4.79 Å². The Labute approximate surface area is 167 Å². The normalized spacial score (nSPS) is 15.2. The van der Waals surface area contributed by atoms with E-state index in [2.05, 4.69) is 5.32 Å². The lowest BCUT2D eigenvalue weighted by molar-refractivity contribution is -0.119. The molecule has 1 aromatic carbocycles. The van der Waals surface area contributed by atoms with Gasteiger partial charge in [0.05, 0.1) is 18.1 Å². The van der Waals surface area contributed by atoms with E-state index in [-0.39, 0.29) is 4.90 Å². The van der Waals surface area contributed by atoms with Crippen LogP contribution in [0.1, 0.15) is 14.5 Å². The predicted molar refractivity (Wildman–Crippen MR) is 104 cm³/mol. The Kier molecular flexibility index (Phi) is 6.45. The molecule has 8 nitrogen and oxygen atoms in total. The van der Waals surface area contributed by atoms with Gasteiger partial charge in [-0.15, -0.1) is 11.3 Å². The number of amides is 1. The molecule has 0 unspecified atom stereocenters. The van der Waals surface area contributed by atoms with Gasteiger partial charge in [-0.2, -0.15) is 4.31 Å². The molecule has 1 aliphatic rings. The van der Waals surface area contributed by atoms with Crippen molar-refractivity contribution in [3.8, 4) is 0 Å². The molecule has 28 heavy (non-hydrogen) atoms. The minimum Gasteiger partial charge on any atom is -0.451 e. The number of esters is 1. The molecule has 10 heteroatoms. The Morgan fingerprint density at radius 3 is 2.43 bits per heavy atom. The zero-order valence-electron chi connectivity index (χ0n) is 15.2. The summed E-state index contributed by atoms with van der Waals surface area (Å²) in [4.78, 5) is 25.4. The van der Waals surface area contributed by atoms with Crippen molar-refractivity contribution in [3.63, 3.8) is 0 Å². The van der Waals surface area contributed by atoms with Crippen LogP contribution in [0.25, 0.3) is 0 Å². The fraction of sp³-hybridized carbons (Fsp3) is 0.333. The molecular weight excluding hydrogens is 404 g/mol. The number of hydrogen-bond donors (Lipinski definition) is 1. The zero-order valence-corrected chi connectivity index (χ0v) is 16.8. The van der Waals surface area contributed by atoms with Gasteiger partial charge < -0.3 is 14.8 Å². The Balaban J connectivity index is 1.55. The highest BCUT2D eigenvalue weighted by molar-refractivity contribution is 7.89. The number of anilines is 1. The van der Waals surface area contributed by atoms with Gasteiger partial charge in [0.25, 0.3) is 5.91 Å². The number of morpholine rings is 1. The summed E-state index contributed by atoms with van der Waals surface area (Å²) in [5, 5.41) is 2.57. The van der Waals surface area contributed by atoms with Gasteiger partial charge in [-0.25, -0.2) is 13.2 Å². The number of aryl methyl sites for hydroxylation is 1. The third-order valence-corrected chi connectivity index (χ3v) is 6.92. The summed E-state index contributed by atoms with van der Waals surface area (Å²) < 4.78 is 36.6. The standard InChI is InChI=1S/C18H20N2O6S2/c1-13-2-7-16(27-13)18(22)26-12-17(21)19-14-3-5-15(6-4-14)28(23,24)20-8-10-25-11-9-20/h2-7H,8-12H2,1H3,(H,19,21). The lowest BCUT2D eigenvalue weighted by atomic mass is 10.3. The van der Waals surface area contributed by atoms with Gasteiger partial charge in [-0.05, 0) is 43.3 Å².